The second-order valence-corrected chi connectivity index (χ2v) is 4.17. The zero-order valence-corrected chi connectivity index (χ0v) is 10.8. The molecule has 0 amide bonds. The Morgan fingerprint density at radius 2 is 1.94 bits per heavy atom. The van der Waals surface area contributed by atoms with E-state index in [4.69, 9.17) is 4.74 Å². The molecular formula is C14H21NO2. The van der Waals surface area contributed by atoms with Gasteiger partial charge in [0.1, 0.15) is 5.54 Å². The highest BCUT2D eigenvalue weighted by Crippen LogP contribution is 2.25. The molecule has 0 aliphatic rings. The Balaban J connectivity index is 2.93. The lowest BCUT2D eigenvalue weighted by atomic mass is 9.90. The average molecular weight is 235 g/mol. The van der Waals surface area contributed by atoms with E-state index >= 15 is 0 Å². The minimum Gasteiger partial charge on any atom is -0.467 e. The van der Waals surface area contributed by atoms with Gasteiger partial charge in [0.25, 0.3) is 0 Å². The van der Waals surface area contributed by atoms with Crippen molar-refractivity contribution in [3.8, 4) is 0 Å². The van der Waals surface area contributed by atoms with Gasteiger partial charge in [0.2, 0.25) is 0 Å². The van der Waals surface area contributed by atoms with Crippen molar-refractivity contribution in [3.63, 3.8) is 0 Å². The van der Waals surface area contributed by atoms with Gasteiger partial charge in [-0.1, -0.05) is 38.5 Å². The Morgan fingerprint density at radius 3 is 2.41 bits per heavy atom. The number of methoxy groups -OCH3 is 1. The van der Waals surface area contributed by atoms with E-state index in [2.05, 4.69) is 12.2 Å². The smallest absolute Gasteiger partial charge is 0.331 e. The molecule has 0 radical (unpaired) electrons. The first-order chi connectivity index (χ1) is 8.18. The molecule has 1 aromatic carbocycles. The Hall–Kier alpha value is -1.51. The molecule has 1 N–H and O–H groups in total. The second-order valence-electron chi connectivity index (χ2n) is 4.17. The highest BCUT2D eigenvalue weighted by molar-refractivity contribution is 5.84. The van der Waals surface area contributed by atoms with Gasteiger partial charge < -0.3 is 10.1 Å². The van der Waals surface area contributed by atoms with Crippen LogP contribution in [0.4, 0.5) is 5.69 Å². The molecule has 17 heavy (non-hydrogen) atoms. The summed E-state index contributed by atoms with van der Waals surface area (Å²) >= 11 is 0. The monoisotopic (exact) mass is 235 g/mol. The fraction of sp³-hybridized carbons (Fsp3) is 0.500. The molecule has 1 aromatic rings. The van der Waals surface area contributed by atoms with Crippen LogP contribution in [0.25, 0.3) is 0 Å². The minimum absolute atomic E-state index is 0.189. The van der Waals surface area contributed by atoms with E-state index in [1.54, 1.807) is 0 Å². The Labute approximate surface area is 103 Å². The third-order valence-corrected chi connectivity index (χ3v) is 3.01. The quantitative estimate of drug-likeness (QED) is 0.769. The molecule has 3 nitrogen and oxygen atoms in total. The van der Waals surface area contributed by atoms with Gasteiger partial charge >= 0.3 is 5.97 Å². The number of carbonyl (C=O) groups excluding carboxylic acids is 1. The van der Waals surface area contributed by atoms with E-state index in [9.17, 15) is 4.79 Å². The molecule has 0 saturated carbocycles. The highest BCUT2D eigenvalue weighted by Gasteiger charge is 2.36. The van der Waals surface area contributed by atoms with Crippen LogP contribution in [-0.4, -0.2) is 18.6 Å². The summed E-state index contributed by atoms with van der Waals surface area (Å²) in [5.41, 5.74) is 0.346. The fourth-order valence-electron chi connectivity index (χ4n) is 2.05. The largest absolute Gasteiger partial charge is 0.467 e. The fourth-order valence-corrected chi connectivity index (χ4v) is 2.05. The van der Waals surface area contributed by atoms with Crippen molar-refractivity contribution in [1.29, 1.82) is 0 Å². The number of hydrogen-bond acceptors (Lipinski definition) is 3. The van der Waals surface area contributed by atoms with Gasteiger partial charge in [-0.25, -0.2) is 4.79 Å². The lowest BCUT2D eigenvalue weighted by Crippen LogP contribution is -2.46. The average Bonchev–Trinajstić information content (AvgIpc) is 2.38. The van der Waals surface area contributed by atoms with Crippen LogP contribution < -0.4 is 5.32 Å². The number of anilines is 1. The van der Waals surface area contributed by atoms with Gasteiger partial charge in [0.15, 0.2) is 0 Å². The van der Waals surface area contributed by atoms with Crippen molar-refractivity contribution >= 4 is 11.7 Å². The molecule has 1 atom stereocenters. The van der Waals surface area contributed by atoms with Gasteiger partial charge in [-0.3, -0.25) is 0 Å². The van der Waals surface area contributed by atoms with Gasteiger partial charge in [0.05, 0.1) is 7.11 Å². The molecule has 1 rings (SSSR count). The van der Waals surface area contributed by atoms with Crippen molar-refractivity contribution in [3.05, 3.63) is 30.3 Å². The Morgan fingerprint density at radius 1 is 1.29 bits per heavy atom. The number of esters is 1. The molecule has 0 bridgehead atoms. The summed E-state index contributed by atoms with van der Waals surface area (Å²) in [5, 5.41) is 3.32. The number of rotatable bonds is 6. The van der Waals surface area contributed by atoms with E-state index in [1.165, 1.54) is 7.11 Å². The van der Waals surface area contributed by atoms with Crippen LogP contribution in [-0.2, 0) is 9.53 Å². The van der Waals surface area contributed by atoms with E-state index in [-0.39, 0.29) is 5.97 Å². The minimum atomic E-state index is -0.606. The summed E-state index contributed by atoms with van der Waals surface area (Å²) in [7, 11) is 1.44. The standard InChI is InChI=1S/C14H21NO2/c1-4-11-14(5-2,13(16)17-3)15-12-9-7-6-8-10-12/h6-10,15H,4-5,11H2,1-3H3. The van der Waals surface area contributed by atoms with Gasteiger partial charge in [-0.05, 0) is 25.0 Å². The topological polar surface area (TPSA) is 38.3 Å². The maximum Gasteiger partial charge on any atom is 0.331 e. The SMILES string of the molecule is CCCC(CC)(Nc1ccccc1)C(=O)OC. The summed E-state index contributed by atoms with van der Waals surface area (Å²) in [6, 6.07) is 9.78. The number of ether oxygens (including phenoxy) is 1. The molecule has 0 aliphatic heterocycles. The van der Waals surface area contributed by atoms with Crippen LogP contribution in [0.5, 0.6) is 0 Å². The summed E-state index contributed by atoms with van der Waals surface area (Å²) in [6.07, 6.45) is 2.41. The van der Waals surface area contributed by atoms with Crippen molar-refractivity contribution in [2.45, 2.75) is 38.6 Å². The molecule has 0 spiro atoms. The van der Waals surface area contributed by atoms with E-state index in [0.29, 0.717) is 6.42 Å². The molecule has 0 heterocycles. The van der Waals surface area contributed by atoms with E-state index in [0.717, 1.165) is 18.5 Å². The third-order valence-electron chi connectivity index (χ3n) is 3.01. The predicted octanol–water partition coefficient (Wildman–Crippen LogP) is 3.22. The molecule has 3 heteroatoms. The third kappa shape index (κ3) is 3.22. The molecular weight excluding hydrogens is 214 g/mol. The number of benzene rings is 1. The number of carbonyl (C=O) groups is 1. The predicted molar refractivity (Wildman–Crippen MR) is 70.0 cm³/mol. The number of para-hydroxylation sites is 1. The van der Waals surface area contributed by atoms with Crippen LogP contribution in [0.15, 0.2) is 30.3 Å². The summed E-state index contributed by atoms with van der Waals surface area (Å²) < 4.78 is 4.93. The first-order valence-electron chi connectivity index (χ1n) is 6.10. The van der Waals surface area contributed by atoms with Crippen molar-refractivity contribution < 1.29 is 9.53 Å². The van der Waals surface area contributed by atoms with Gasteiger partial charge in [0, 0.05) is 5.69 Å². The lowest BCUT2D eigenvalue weighted by molar-refractivity contribution is -0.146. The Kier molecular flexibility index (Phi) is 5.01. The summed E-state index contributed by atoms with van der Waals surface area (Å²) in [6.45, 7) is 4.07. The van der Waals surface area contributed by atoms with Gasteiger partial charge in [-0.15, -0.1) is 0 Å². The second kappa shape index (κ2) is 6.28. The molecule has 0 saturated heterocycles. The van der Waals surface area contributed by atoms with Crippen LogP contribution >= 0.6 is 0 Å². The first kappa shape index (κ1) is 13.6. The lowest BCUT2D eigenvalue weighted by Gasteiger charge is -2.31. The normalized spacial score (nSPS) is 13.8. The molecule has 1 unspecified atom stereocenters. The molecule has 0 fully saturated rings. The van der Waals surface area contributed by atoms with E-state index < -0.39 is 5.54 Å². The van der Waals surface area contributed by atoms with Crippen LogP contribution in [0.2, 0.25) is 0 Å². The Bertz CT molecular complexity index is 350. The van der Waals surface area contributed by atoms with Gasteiger partial charge in [-0.2, -0.15) is 0 Å². The molecule has 0 aromatic heterocycles. The summed E-state index contributed by atoms with van der Waals surface area (Å²) in [4.78, 5) is 12.0. The van der Waals surface area contributed by atoms with Crippen molar-refractivity contribution in [2.75, 3.05) is 12.4 Å². The zero-order valence-electron chi connectivity index (χ0n) is 10.8. The number of hydrogen-bond donors (Lipinski definition) is 1. The van der Waals surface area contributed by atoms with Crippen molar-refractivity contribution in [1.82, 2.24) is 0 Å². The number of nitrogens with one attached hydrogen (secondary N) is 1. The summed E-state index contributed by atoms with van der Waals surface area (Å²) in [5.74, 6) is -0.189. The molecule has 94 valence electrons. The maximum absolute atomic E-state index is 12.0. The first-order valence-corrected chi connectivity index (χ1v) is 6.10. The van der Waals surface area contributed by atoms with Crippen LogP contribution in [0.1, 0.15) is 33.1 Å². The highest BCUT2D eigenvalue weighted by atomic mass is 16.5. The van der Waals surface area contributed by atoms with Crippen molar-refractivity contribution in [2.24, 2.45) is 0 Å². The van der Waals surface area contributed by atoms with Crippen LogP contribution in [0.3, 0.4) is 0 Å². The zero-order chi connectivity index (χ0) is 12.7. The maximum atomic E-state index is 12.0. The van der Waals surface area contributed by atoms with E-state index in [1.807, 2.05) is 37.3 Å². The molecule has 0 aliphatic carbocycles. The van der Waals surface area contributed by atoms with Crippen LogP contribution in [0, 0.1) is 0 Å².